The Morgan fingerprint density at radius 3 is 2.48 bits per heavy atom. The second kappa shape index (κ2) is 8.83. The number of amides is 1. The summed E-state index contributed by atoms with van der Waals surface area (Å²) in [5.74, 6) is 1.29. The first kappa shape index (κ1) is 20.3. The Hall–Kier alpha value is -3.93. The third-order valence-electron chi connectivity index (χ3n) is 4.84. The topological polar surface area (TPSA) is 64.4 Å². The predicted molar refractivity (Wildman–Crippen MR) is 117 cm³/mol. The Kier molecular flexibility index (Phi) is 5.80. The van der Waals surface area contributed by atoms with Gasteiger partial charge in [0, 0.05) is 16.8 Å². The number of ether oxygens (including phenoxy) is 1. The number of aryl methyl sites for hydroxylation is 2. The van der Waals surface area contributed by atoms with Gasteiger partial charge in [-0.05, 0) is 74.0 Å². The molecule has 0 aliphatic carbocycles. The highest BCUT2D eigenvalue weighted by Gasteiger charge is 2.14. The molecule has 0 atom stereocenters. The number of carbonyl (C=O) groups excluding carboxylic acids is 1. The lowest BCUT2D eigenvalue weighted by molar-refractivity contribution is 0.102. The van der Waals surface area contributed by atoms with Crippen LogP contribution < -0.4 is 10.1 Å². The summed E-state index contributed by atoms with van der Waals surface area (Å²) in [6, 6.07) is 20.7. The summed E-state index contributed by atoms with van der Waals surface area (Å²) in [6.45, 7) is 3.88. The highest BCUT2D eigenvalue weighted by Crippen LogP contribution is 2.24. The van der Waals surface area contributed by atoms with Crippen LogP contribution in [0.3, 0.4) is 0 Å². The van der Waals surface area contributed by atoms with E-state index in [-0.39, 0.29) is 11.7 Å². The van der Waals surface area contributed by atoms with Crippen LogP contribution in [0.1, 0.15) is 27.4 Å². The Morgan fingerprint density at radius 2 is 1.77 bits per heavy atom. The van der Waals surface area contributed by atoms with Crippen LogP contribution in [0.4, 0.5) is 10.1 Å². The predicted octanol–water partition coefficient (Wildman–Crippen LogP) is 5.93. The summed E-state index contributed by atoms with van der Waals surface area (Å²) in [4.78, 5) is 17.0. The van der Waals surface area contributed by atoms with Crippen LogP contribution in [-0.2, 0) is 6.61 Å². The highest BCUT2D eigenvalue weighted by molar-refractivity contribution is 6.04. The molecule has 5 nitrogen and oxygen atoms in total. The van der Waals surface area contributed by atoms with E-state index in [1.165, 1.54) is 12.1 Å². The number of nitrogens with one attached hydrogen (secondary N) is 1. The van der Waals surface area contributed by atoms with Gasteiger partial charge in [0.1, 0.15) is 29.6 Å². The quantitative estimate of drug-likeness (QED) is 0.423. The molecule has 3 aromatic carbocycles. The van der Waals surface area contributed by atoms with E-state index >= 15 is 0 Å². The molecule has 6 heteroatoms. The van der Waals surface area contributed by atoms with Gasteiger partial charge in [-0.15, -0.1) is 0 Å². The lowest BCUT2D eigenvalue weighted by Crippen LogP contribution is -2.12. The van der Waals surface area contributed by atoms with Gasteiger partial charge in [-0.2, -0.15) is 0 Å². The van der Waals surface area contributed by atoms with E-state index in [1.54, 1.807) is 37.3 Å². The van der Waals surface area contributed by atoms with Crippen molar-refractivity contribution >= 4 is 11.6 Å². The van der Waals surface area contributed by atoms with Crippen molar-refractivity contribution in [3.63, 3.8) is 0 Å². The highest BCUT2D eigenvalue weighted by atomic mass is 19.1. The molecule has 31 heavy (non-hydrogen) atoms. The lowest BCUT2D eigenvalue weighted by Gasteiger charge is -2.08. The molecule has 156 valence electrons. The maximum Gasteiger partial charge on any atom is 0.255 e. The van der Waals surface area contributed by atoms with Crippen molar-refractivity contribution in [1.82, 2.24) is 4.98 Å². The molecule has 4 aromatic rings. The van der Waals surface area contributed by atoms with Gasteiger partial charge < -0.3 is 14.5 Å². The fourth-order valence-electron chi connectivity index (χ4n) is 3.08. The Morgan fingerprint density at radius 1 is 1.03 bits per heavy atom. The molecule has 4 rings (SSSR count). The van der Waals surface area contributed by atoms with E-state index in [9.17, 15) is 9.18 Å². The average Bonchev–Trinajstić information content (AvgIpc) is 3.15. The molecule has 0 unspecified atom stereocenters. The minimum atomic E-state index is -0.338. The number of anilines is 1. The van der Waals surface area contributed by atoms with E-state index in [4.69, 9.17) is 9.15 Å². The number of nitrogens with zero attached hydrogens (tertiary/aromatic N) is 1. The maximum atomic E-state index is 13.2. The van der Waals surface area contributed by atoms with E-state index in [0.29, 0.717) is 40.8 Å². The summed E-state index contributed by atoms with van der Waals surface area (Å²) in [5, 5.41) is 2.80. The number of oxazole rings is 1. The van der Waals surface area contributed by atoms with Crippen molar-refractivity contribution in [3.8, 4) is 17.2 Å². The van der Waals surface area contributed by atoms with Gasteiger partial charge in [-0.3, -0.25) is 4.79 Å². The SMILES string of the molecule is Cc1cc(F)ccc1NC(=O)c1ccc(-c2nc(COc3ccccc3)c(C)o2)cc1. The fraction of sp³-hybridized carbons (Fsp3) is 0.120. The summed E-state index contributed by atoms with van der Waals surface area (Å²) < 4.78 is 24.8. The van der Waals surface area contributed by atoms with Crippen LogP contribution in [-0.4, -0.2) is 10.9 Å². The third-order valence-corrected chi connectivity index (χ3v) is 4.84. The van der Waals surface area contributed by atoms with Gasteiger partial charge in [0.25, 0.3) is 5.91 Å². The van der Waals surface area contributed by atoms with Crippen LogP contribution in [0, 0.1) is 19.7 Å². The Balaban J connectivity index is 1.44. The average molecular weight is 416 g/mol. The minimum absolute atomic E-state index is 0.276. The molecule has 1 amide bonds. The first-order valence-electron chi connectivity index (χ1n) is 9.82. The number of para-hydroxylation sites is 1. The van der Waals surface area contributed by atoms with Crippen molar-refractivity contribution in [2.45, 2.75) is 20.5 Å². The first-order valence-corrected chi connectivity index (χ1v) is 9.82. The van der Waals surface area contributed by atoms with E-state index < -0.39 is 0 Å². The lowest BCUT2D eigenvalue weighted by atomic mass is 10.1. The molecule has 1 aromatic heterocycles. The van der Waals surface area contributed by atoms with Crippen molar-refractivity contribution in [3.05, 3.63) is 101 Å². The van der Waals surface area contributed by atoms with Gasteiger partial charge in [-0.25, -0.2) is 9.37 Å². The summed E-state index contributed by atoms with van der Waals surface area (Å²) in [7, 11) is 0. The molecule has 0 bridgehead atoms. The molecule has 0 aliphatic rings. The number of benzene rings is 3. The smallest absolute Gasteiger partial charge is 0.255 e. The minimum Gasteiger partial charge on any atom is -0.487 e. The zero-order valence-electron chi connectivity index (χ0n) is 17.2. The summed E-state index contributed by atoms with van der Waals surface area (Å²) in [5.41, 5.74) is 3.17. The van der Waals surface area contributed by atoms with Gasteiger partial charge in [0.05, 0.1) is 0 Å². The fourth-order valence-corrected chi connectivity index (χ4v) is 3.08. The standard InChI is InChI=1S/C25H21FN2O3/c1-16-14-20(26)12-13-22(16)27-24(29)18-8-10-19(11-9-18)25-28-23(17(2)31-25)15-30-21-6-4-3-5-7-21/h3-14H,15H2,1-2H3,(H,27,29). The van der Waals surface area contributed by atoms with Crippen molar-refractivity contribution in [1.29, 1.82) is 0 Å². The third kappa shape index (κ3) is 4.80. The van der Waals surface area contributed by atoms with Crippen molar-refractivity contribution in [2.75, 3.05) is 5.32 Å². The van der Waals surface area contributed by atoms with Crippen molar-refractivity contribution < 1.29 is 18.3 Å². The number of hydrogen-bond acceptors (Lipinski definition) is 4. The van der Waals surface area contributed by atoms with Gasteiger partial charge >= 0.3 is 0 Å². The molecular formula is C25H21FN2O3. The largest absolute Gasteiger partial charge is 0.487 e. The van der Waals surface area contributed by atoms with Crippen LogP contribution >= 0.6 is 0 Å². The zero-order valence-corrected chi connectivity index (χ0v) is 17.2. The molecule has 0 radical (unpaired) electrons. The Labute approximate surface area is 179 Å². The van der Waals surface area contributed by atoms with E-state index in [0.717, 1.165) is 11.3 Å². The molecule has 0 aliphatic heterocycles. The molecular weight excluding hydrogens is 395 g/mol. The molecule has 0 fully saturated rings. The first-order chi connectivity index (χ1) is 15.0. The maximum absolute atomic E-state index is 13.2. The zero-order chi connectivity index (χ0) is 21.8. The van der Waals surface area contributed by atoms with Gasteiger partial charge in [-0.1, -0.05) is 18.2 Å². The second-order valence-corrected chi connectivity index (χ2v) is 7.11. The number of hydrogen-bond donors (Lipinski definition) is 1. The van der Waals surface area contributed by atoms with Gasteiger partial charge in [0.15, 0.2) is 0 Å². The van der Waals surface area contributed by atoms with Crippen LogP contribution in [0.15, 0.2) is 77.2 Å². The number of rotatable bonds is 6. The van der Waals surface area contributed by atoms with Gasteiger partial charge in [0.2, 0.25) is 5.89 Å². The number of carbonyl (C=O) groups is 1. The number of aromatic nitrogens is 1. The summed E-state index contributed by atoms with van der Waals surface area (Å²) >= 11 is 0. The van der Waals surface area contributed by atoms with E-state index in [1.807, 2.05) is 37.3 Å². The van der Waals surface area contributed by atoms with E-state index in [2.05, 4.69) is 10.3 Å². The van der Waals surface area contributed by atoms with Crippen LogP contribution in [0.2, 0.25) is 0 Å². The molecule has 0 spiro atoms. The second-order valence-electron chi connectivity index (χ2n) is 7.11. The molecule has 1 heterocycles. The van der Waals surface area contributed by atoms with Crippen LogP contribution in [0.25, 0.3) is 11.5 Å². The molecule has 1 N–H and O–H groups in total. The monoisotopic (exact) mass is 416 g/mol. The van der Waals surface area contributed by atoms with Crippen molar-refractivity contribution in [2.24, 2.45) is 0 Å². The normalized spacial score (nSPS) is 10.7. The number of halogens is 1. The van der Waals surface area contributed by atoms with Crippen LogP contribution in [0.5, 0.6) is 5.75 Å². The molecule has 0 saturated heterocycles. The Bertz CT molecular complexity index is 1200. The summed E-state index contributed by atoms with van der Waals surface area (Å²) in [6.07, 6.45) is 0. The molecule has 0 saturated carbocycles.